The molecule has 0 aliphatic rings. The van der Waals surface area contributed by atoms with Gasteiger partial charge in [0.2, 0.25) is 0 Å². The minimum absolute atomic E-state index is 0.0107. The molecule has 0 amide bonds. The number of nitrogens with one attached hydrogen (secondary N) is 1. The van der Waals surface area contributed by atoms with Crippen LogP contribution < -0.4 is 11.1 Å². The number of aliphatic hydroxyl groups is 1. The zero-order valence-electron chi connectivity index (χ0n) is 10.7. The van der Waals surface area contributed by atoms with Gasteiger partial charge in [0.1, 0.15) is 11.4 Å². The summed E-state index contributed by atoms with van der Waals surface area (Å²) in [7, 11) is 1.12. The fourth-order valence-corrected chi connectivity index (χ4v) is 1.49. The number of alkyl halides is 3. The Balaban J connectivity index is 2.92. The maximum atomic E-state index is 12.1. The predicted octanol–water partition coefficient (Wildman–Crippen LogP) is 0.609. The molecule has 0 aromatic carbocycles. The Labute approximate surface area is 112 Å². The van der Waals surface area contributed by atoms with Crippen LogP contribution in [0.15, 0.2) is 0 Å². The normalized spacial score (nSPS) is 11.4. The number of anilines is 2. The van der Waals surface area contributed by atoms with Crippen molar-refractivity contribution in [3.05, 3.63) is 5.56 Å². The quantitative estimate of drug-likeness (QED) is 0.665. The highest BCUT2D eigenvalue weighted by molar-refractivity contribution is 5.99. The van der Waals surface area contributed by atoms with Crippen LogP contribution in [0.25, 0.3) is 0 Å². The van der Waals surface area contributed by atoms with Crippen molar-refractivity contribution in [1.82, 2.24) is 9.78 Å². The first-order valence-corrected chi connectivity index (χ1v) is 5.66. The van der Waals surface area contributed by atoms with Crippen molar-refractivity contribution in [1.29, 1.82) is 0 Å². The zero-order valence-corrected chi connectivity index (χ0v) is 10.7. The van der Waals surface area contributed by atoms with Crippen LogP contribution in [0.2, 0.25) is 0 Å². The van der Waals surface area contributed by atoms with Crippen molar-refractivity contribution in [2.45, 2.75) is 19.1 Å². The molecule has 0 fully saturated rings. The average Bonchev–Trinajstić information content (AvgIpc) is 2.64. The summed E-state index contributed by atoms with van der Waals surface area (Å²) in [4.78, 5) is 11.6. The summed E-state index contributed by atoms with van der Waals surface area (Å²) >= 11 is 0. The van der Waals surface area contributed by atoms with Gasteiger partial charge in [0.25, 0.3) is 0 Å². The Morgan fingerprint density at radius 2 is 2.20 bits per heavy atom. The second-order valence-electron chi connectivity index (χ2n) is 3.84. The predicted molar refractivity (Wildman–Crippen MR) is 64.2 cm³/mol. The van der Waals surface area contributed by atoms with Gasteiger partial charge in [-0.3, -0.25) is 0 Å². The lowest BCUT2D eigenvalue weighted by molar-refractivity contribution is -0.131. The van der Waals surface area contributed by atoms with Gasteiger partial charge < -0.3 is 20.9 Å². The number of halogens is 3. The zero-order chi connectivity index (χ0) is 15.3. The number of nitrogens with zero attached hydrogens (tertiary/aromatic N) is 2. The molecule has 4 N–H and O–H groups in total. The summed E-state index contributed by atoms with van der Waals surface area (Å²) in [5.41, 5.74) is 5.50. The fraction of sp³-hybridized carbons (Fsp3) is 0.600. The molecule has 0 unspecified atom stereocenters. The van der Waals surface area contributed by atoms with Crippen molar-refractivity contribution in [2.24, 2.45) is 0 Å². The van der Waals surface area contributed by atoms with Gasteiger partial charge in [-0.15, -0.1) is 0 Å². The van der Waals surface area contributed by atoms with Gasteiger partial charge in [0, 0.05) is 6.54 Å². The number of rotatable bonds is 6. The van der Waals surface area contributed by atoms with Gasteiger partial charge in [0.15, 0.2) is 5.82 Å². The van der Waals surface area contributed by atoms with Crippen LogP contribution in [0, 0.1) is 0 Å². The summed E-state index contributed by atoms with van der Waals surface area (Å²) in [5.74, 6) is -1.01. The average molecular weight is 296 g/mol. The first-order chi connectivity index (χ1) is 9.30. The number of carbonyl (C=O) groups is 1. The molecule has 0 aliphatic heterocycles. The molecule has 0 saturated carbocycles. The maximum absolute atomic E-state index is 12.1. The number of nitrogens with two attached hydrogens (primary N) is 1. The molecule has 1 rings (SSSR count). The number of carbonyl (C=O) groups excluding carboxylic acids is 1. The lowest BCUT2D eigenvalue weighted by Gasteiger charge is -2.07. The third-order valence-electron chi connectivity index (χ3n) is 2.39. The fourth-order valence-electron chi connectivity index (χ4n) is 1.49. The van der Waals surface area contributed by atoms with Gasteiger partial charge in [-0.05, 0) is 0 Å². The molecular weight excluding hydrogens is 281 g/mol. The van der Waals surface area contributed by atoms with E-state index in [1.165, 1.54) is 0 Å². The van der Waals surface area contributed by atoms with E-state index in [1.54, 1.807) is 0 Å². The van der Waals surface area contributed by atoms with E-state index in [0.29, 0.717) is 0 Å². The van der Waals surface area contributed by atoms with Crippen LogP contribution in [0.1, 0.15) is 16.8 Å². The molecule has 20 heavy (non-hydrogen) atoms. The Morgan fingerprint density at radius 3 is 2.70 bits per heavy atom. The van der Waals surface area contributed by atoms with E-state index < -0.39 is 25.1 Å². The standard InChI is InChI=1S/C10H15F3N4O3/c1-20-9(19)6-7(14)17(4-5-18)16-8(6)15-3-2-10(11,12)13/h18H,2-5,14H2,1H3,(H,15,16). The Bertz CT molecular complexity index is 473. The molecule has 10 heteroatoms. The van der Waals surface area contributed by atoms with E-state index in [1.807, 2.05) is 0 Å². The molecule has 0 radical (unpaired) electrons. The van der Waals surface area contributed by atoms with Crippen molar-refractivity contribution in [3.63, 3.8) is 0 Å². The van der Waals surface area contributed by atoms with Crippen LogP contribution in [-0.4, -0.2) is 47.3 Å². The minimum Gasteiger partial charge on any atom is -0.465 e. The third-order valence-corrected chi connectivity index (χ3v) is 2.39. The van der Waals surface area contributed by atoms with Crippen molar-refractivity contribution < 1.29 is 27.8 Å². The maximum Gasteiger partial charge on any atom is 0.390 e. The smallest absolute Gasteiger partial charge is 0.390 e. The summed E-state index contributed by atoms with van der Waals surface area (Å²) in [6.45, 7) is -0.728. The van der Waals surface area contributed by atoms with E-state index in [4.69, 9.17) is 10.8 Å². The topological polar surface area (TPSA) is 102 Å². The lowest BCUT2D eigenvalue weighted by atomic mass is 10.3. The van der Waals surface area contributed by atoms with Crippen LogP contribution in [0.4, 0.5) is 24.8 Å². The summed E-state index contributed by atoms with van der Waals surface area (Å²) in [6.07, 6.45) is -5.40. The number of nitrogen functional groups attached to an aromatic ring is 1. The summed E-state index contributed by atoms with van der Waals surface area (Å²) in [5, 5.41) is 15.1. The van der Waals surface area contributed by atoms with Gasteiger partial charge in [-0.1, -0.05) is 0 Å². The van der Waals surface area contributed by atoms with E-state index in [0.717, 1.165) is 11.8 Å². The minimum atomic E-state index is -4.32. The molecule has 1 aromatic heterocycles. The van der Waals surface area contributed by atoms with Crippen LogP contribution in [-0.2, 0) is 11.3 Å². The van der Waals surface area contributed by atoms with Gasteiger partial charge in [0.05, 0.1) is 26.7 Å². The molecule has 0 spiro atoms. The number of hydrogen-bond acceptors (Lipinski definition) is 6. The molecule has 0 aliphatic carbocycles. The van der Waals surface area contributed by atoms with Gasteiger partial charge in [-0.25, -0.2) is 9.48 Å². The van der Waals surface area contributed by atoms with Crippen molar-refractivity contribution >= 4 is 17.6 Å². The molecule has 114 valence electrons. The number of methoxy groups -OCH3 is 1. The van der Waals surface area contributed by atoms with E-state index in [-0.39, 0.29) is 30.4 Å². The number of hydrogen-bond donors (Lipinski definition) is 3. The van der Waals surface area contributed by atoms with Gasteiger partial charge >= 0.3 is 12.1 Å². The largest absolute Gasteiger partial charge is 0.465 e. The van der Waals surface area contributed by atoms with E-state index >= 15 is 0 Å². The SMILES string of the molecule is COC(=O)c1c(NCCC(F)(F)F)nn(CCO)c1N. The Morgan fingerprint density at radius 1 is 1.55 bits per heavy atom. The molecule has 1 aromatic rings. The number of esters is 1. The Kier molecular flexibility index (Phi) is 5.19. The Hall–Kier alpha value is -1.97. The first-order valence-electron chi connectivity index (χ1n) is 5.66. The monoisotopic (exact) mass is 296 g/mol. The summed E-state index contributed by atoms with van der Waals surface area (Å²) < 4.78 is 41.8. The molecule has 0 atom stereocenters. The highest BCUT2D eigenvalue weighted by atomic mass is 19.4. The summed E-state index contributed by atoms with van der Waals surface area (Å²) in [6, 6.07) is 0. The highest BCUT2D eigenvalue weighted by Crippen LogP contribution is 2.24. The van der Waals surface area contributed by atoms with Gasteiger partial charge in [-0.2, -0.15) is 18.3 Å². The van der Waals surface area contributed by atoms with Crippen LogP contribution in [0.3, 0.4) is 0 Å². The number of aliphatic hydroxyl groups excluding tert-OH is 1. The van der Waals surface area contributed by atoms with E-state index in [2.05, 4.69) is 15.2 Å². The van der Waals surface area contributed by atoms with E-state index in [9.17, 15) is 18.0 Å². The van der Waals surface area contributed by atoms with Crippen LogP contribution in [0.5, 0.6) is 0 Å². The van der Waals surface area contributed by atoms with Crippen molar-refractivity contribution in [3.8, 4) is 0 Å². The highest BCUT2D eigenvalue weighted by Gasteiger charge is 2.28. The van der Waals surface area contributed by atoms with Crippen LogP contribution >= 0.6 is 0 Å². The molecule has 7 nitrogen and oxygen atoms in total. The molecule has 0 saturated heterocycles. The second kappa shape index (κ2) is 6.46. The second-order valence-corrected chi connectivity index (χ2v) is 3.84. The lowest BCUT2D eigenvalue weighted by Crippen LogP contribution is -2.16. The molecule has 1 heterocycles. The number of ether oxygens (including phenoxy) is 1. The number of aromatic nitrogens is 2. The molecular formula is C10H15F3N4O3. The van der Waals surface area contributed by atoms with Crippen molar-refractivity contribution in [2.75, 3.05) is 31.3 Å². The molecule has 0 bridgehead atoms. The third kappa shape index (κ3) is 4.02. The first kappa shape index (κ1) is 16.1.